The first kappa shape index (κ1) is 25.0. The Balaban J connectivity index is 1.27. The van der Waals surface area contributed by atoms with Gasteiger partial charge in [-0.05, 0) is 72.3 Å². The van der Waals surface area contributed by atoms with Crippen LogP contribution in [0.25, 0.3) is 39.4 Å². The molecule has 40 heavy (non-hydrogen) atoms. The van der Waals surface area contributed by atoms with E-state index >= 15 is 0 Å². The number of aromatic nitrogens is 3. The molecular weight excluding hydrogens is 520 g/mol. The van der Waals surface area contributed by atoms with Crippen molar-refractivity contribution >= 4 is 22.7 Å². The lowest BCUT2D eigenvalue weighted by Gasteiger charge is -2.37. The fraction of sp³-hybridized carbons (Fsp3) is 0.281. The normalized spacial score (nSPS) is 15.7. The van der Waals surface area contributed by atoms with E-state index in [0.29, 0.717) is 27.6 Å². The van der Waals surface area contributed by atoms with Crippen LogP contribution < -0.4 is 5.32 Å². The van der Waals surface area contributed by atoms with E-state index < -0.39 is 0 Å². The molecule has 1 N–H and O–H groups in total. The average Bonchev–Trinajstić information content (AvgIpc) is 3.56. The molecule has 8 heteroatoms. The van der Waals surface area contributed by atoms with Gasteiger partial charge >= 0.3 is 0 Å². The highest BCUT2D eigenvalue weighted by atomic mass is 35.5. The minimum Gasteiger partial charge on any atom is -0.435 e. The Kier molecular flexibility index (Phi) is 6.20. The van der Waals surface area contributed by atoms with Crippen molar-refractivity contribution in [1.82, 2.24) is 25.0 Å². The molecule has 0 bridgehead atoms. The molecule has 7 nitrogen and oxygen atoms in total. The van der Waals surface area contributed by atoms with Crippen LogP contribution in [0.1, 0.15) is 34.9 Å². The van der Waals surface area contributed by atoms with Crippen LogP contribution in [0.2, 0.25) is 5.02 Å². The van der Waals surface area contributed by atoms with Crippen molar-refractivity contribution in [2.75, 3.05) is 19.6 Å². The van der Waals surface area contributed by atoms with Crippen molar-refractivity contribution in [3.05, 3.63) is 87.7 Å². The highest BCUT2D eigenvalue weighted by Crippen LogP contribution is 2.39. The molecule has 2 aliphatic rings. The van der Waals surface area contributed by atoms with Crippen LogP contribution in [0.15, 0.2) is 59.1 Å². The summed E-state index contributed by atoms with van der Waals surface area (Å²) < 4.78 is 8.13. The van der Waals surface area contributed by atoms with E-state index in [1.807, 2.05) is 47.1 Å². The lowest BCUT2D eigenvalue weighted by molar-refractivity contribution is 0.105. The first-order valence-electron chi connectivity index (χ1n) is 13.7. The smallest absolute Gasteiger partial charge is 0.227 e. The third-order valence-corrected chi connectivity index (χ3v) is 8.43. The van der Waals surface area contributed by atoms with E-state index in [0.717, 1.165) is 84.3 Å². The molecule has 2 aliphatic heterocycles. The number of fused-ring (bicyclic) bond motifs is 2. The molecule has 7 rings (SSSR count). The zero-order chi connectivity index (χ0) is 27.4. The molecule has 4 heterocycles. The van der Waals surface area contributed by atoms with Gasteiger partial charge in [0.05, 0.1) is 22.0 Å². The fourth-order valence-corrected chi connectivity index (χ4v) is 6.33. The fourth-order valence-electron chi connectivity index (χ4n) is 6.02. The number of halogens is 1. The second-order valence-electron chi connectivity index (χ2n) is 11.0. The van der Waals surface area contributed by atoms with Crippen LogP contribution in [-0.2, 0) is 19.5 Å². The molecule has 5 aromatic rings. The Morgan fingerprint density at radius 3 is 2.73 bits per heavy atom. The predicted octanol–water partition coefficient (Wildman–Crippen LogP) is 6.28. The number of nitrogens with zero attached hydrogens (tertiary/aromatic N) is 5. The summed E-state index contributed by atoms with van der Waals surface area (Å²) in [6, 6.07) is 18.4. The van der Waals surface area contributed by atoms with E-state index in [1.165, 1.54) is 5.56 Å². The summed E-state index contributed by atoms with van der Waals surface area (Å²) in [7, 11) is 0. The Morgan fingerprint density at radius 1 is 1.12 bits per heavy atom. The molecule has 0 spiro atoms. The van der Waals surface area contributed by atoms with Gasteiger partial charge in [-0.3, -0.25) is 4.90 Å². The van der Waals surface area contributed by atoms with Crippen LogP contribution in [0.5, 0.6) is 0 Å². The van der Waals surface area contributed by atoms with Gasteiger partial charge in [0.15, 0.2) is 5.58 Å². The molecule has 200 valence electrons. The molecule has 0 unspecified atom stereocenters. The topological polar surface area (TPSA) is 82.9 Å². The average molecular weight is 549 g/mol. The third kappa shape index (κ3) is 4.29. The van der Waals surface area contributed by atoms with Crippen LogP contribution in [0.3, 0.4) is 0 Å². The number of nitriles is 1. The minimum absolute atomic E-state index is 0.500. The van der Waals surface area contributed by atoms with Crippen LogP contribution >= 0.6 is 11.6 Å². The molecule has 0 radical (unpaired) electrons. The van der Waals surface area contributed by atoms with Gasteiger partial charge in [-0.2, -0.15) is 10.4 Å². The maximum Gasteiger partial charge on any atom is 0.227 e. The largest absolute Gasteiger partial charge is 0.435 e. The molecule has 0 aliphatic carbocycles. The standard InChI is InChI=1S/C32H29ClN6O/c1-19-15-38(16-19)17-21-11-23(13-34)31-27(12-21)36-32(40-31)25-6-3-5-24(20(25)2)26-7-4-8-29(30(26)33)39-18-22-9-10-35-14-28(22)37-39/h3-8,11-12,18-19,35H,9-10,14-17H2,1-2H3. The highest BCUT2D eigenvalue weighted by Gasteiger charge is 2.24. The number of nitrogens with one attached hydrogen (secondary N) is 1. The number of oxazole rings is 1. The third-order valence-electron chi connectivity index (χ3n) is 8.04. The van der Waals surface area contributed by atoms with Gasteiger partial charge in [0, 0.05) is 43.5 Å². The van der Waals surface area contributed by atoms with Gasteiger partial charge in [-0.1, -0.05) is 42.8 Å². The number of hydrogen-bond donors (Lipinski definition) is 1. The van der Waals surface area contributed by atoms with E-state index in [-0.39, 0.29) is 0 Å². The summed E-state index contributed by atoms with van der Waals surface area (Å²) in [5.41, 5.74) is 9.81. The van der Waals surface area contributed by atoms with E-state index in [9.17, 15) is 5.26 Å². The monoisotopic (exact) mass is 548 g/mol. The summed E-state index contributed by atoms with van der Waals surface area (Å²) in [6.07, 6.45) is 3.05. The summed E-state index contributed by atoms with van der Waals surface area (Å²) in [6.45, 7) is 9.03. The number of benzene rings is 3. The summed E-state index contributed by atoms with van der Waals surface area (Å²) in [5.74, 6) is 1.23. The molecule has 0 atom stereocenters. The maximum absolute atomic E-state index is 9.86. The molecule has 2 aromatic heterocycles. The molecular formula is C32H29ClN6O. The Morgan fingerprint density at radius 2 is 1.93 bits per heavy atom. The van der Waals surface area contributed by atoms with Gasteiger partial charge in [0.2, 0.25) is 5.89 Å². The van der Waals surface area contributed by atoms with Crippen LogP contribution in [-0.4, -0.2) is 39.3 Å². The number of hydrogen-bond acceptors (Lipinski definition) is 6. The van der Waals surface area contributed by atoms with E-state index in [2.05, 4.69) is 42.4 Å². The molecule has 0 amide bonds. The SMILES string of the molecule is Cc1c(-c2nc3cc(CN4CC(C)C4)cc(C#N)c3o2)cccc1-c1cccc(-n2cc3c(n2)CNCC3)c1Cl. The zero-order valence-corrected chi connectivity index (χ0v) is 23.3. The second kappa shape index (κ2) is 9.90. The highest BCUT2D eigenvalue weighted by molar-refractivity contribution is 6.35. The van der Waals surface area contributed by atoms with E-state index in [1.54, 1.807) is 0 Å². The van der Waals surface area contributed by atoms with E-state index in [4.69, 9.17) is 26.1 Å². The van der Waals surface area contributed by atoms with Crippen molar-refractivity contribution in [3.63, 3.8) is 0 Å². The predicted molar refractivity (Wildman–Crippen MR) is 156 cm³/mol. The van der Waals surface area contributed by atoms with Gasteiger partial charge < -0.3 is 9.73 Å². The van der Waals surface area contributed by atoms with Gasteiger partial charge in [-0.25, -0.2) is 9.67 Å². The van der Waals surface area contributed by atoms with Gasteiger partial charge in [0.1, 0.15) is 11.6 Å². The number of likely N-dealkylation sites (tertiary alicyclic amines) is 1. The lowest BCUT2D eigenvalue weighted by atomic mass is 9.96. The van der Waals surface area contributed by atoms with Crippen molar-refractivity contribution in [3.8, 4) is 34.3 Å². The molecule has 3 aromatic carbocycles. The van der Waals surface area contributed by atoms with Crippen LogP contribution in [0.4, 0.5) is 0 Å². The summed E-state index contributed by atoms with van der Waals surface area (Å²) in [5, 5.41) is 18.7. The summed E-state index contributed by atoms with van der Waals surface area (Å²) in [4.78, 5) is 7.23. The Labute approximate surface area is 238 Å². The maximum atomic E-state index is 9.86. The quantitative estimate of drug-likeness (QED) is 0.278. The summed E-state index contributed by atoms with van der Waals surface area (Å²) >= 11 is 7.04. The van der Waals surface area contributed by atoms with Crippen molar-refractivity contribution in [2.45, 2.75) is 33.4 Å². The first-order chi connectivity index (χ1) is 19.5. The minimum atomic E-state index is 0.500. The van der Waals surface area contributed by atoms with Crippen molar-refractivity contribution in [2.24, 2.45) is 5.92 Å². The second-order valence-corrected chi connectivity index (χ2v) is 11.4. The Bertz CT molecular complexity index is 1780. The first-order valence-corrected chi connectivity index (χ1v) is 14.1. The molecule has 0 saturated carbocycles. The van der Waals surface area contributed by atoms with Gasteiger partial charge in [0.25, 0.3) is 0 Å². The lowest BCUT2D eigenvalue weighted by Crippen LogP contribution is -2.44. The van der Waals surface area contributed by atoms with Gasteiger partial charge in [-0.15, -0.1) is 0 Å². The van der Waals surface area contributed by atoms with Crippen molar-refractivity contribution in [1.29, 1.82) is 5.26 Å². The Hall–Kier alpha value is -3.96. The molecule has 1 saturated heterocycles. The zero-order valence-electron chi connectivity index (χ0n) is 22.5. The number of rotatable bonds is 5. The molecule has 1 fully saturated rings. The van der Waals surface area contributed by atoms with Crippen molar-refractivity contribution < 1.29 is 4.42 Å². The van der Waals surface area contributed by atoms with Crippen LogP contribution in [0, 0.1) is 24.2 Å².